The van der Waals surface area contributed by atoms with Crippen LogP contribution in [-0.2, 0) is 0 Å². The molecule has 0 unspecified atom stereocenters. The Labute approximate surface area is 95.0 Å². The molecule has 0 atom stereocenters. The van der Waals surface area contributed by atoms with E-state index in [1.54, 1.807) is 6.20 Å². The Hall–Kier alpha value is -1.97. The molecular weight excluding hydrogens is 200 g/mol. The lowest BCUT2D eigenvalue weighted by Crippen LogP contribution is -2.07. The van der Waals surface area contributed by atoms with Crippen molar-refractivity contribution in [1.82, 2.24) is 0 Å². The van der Waals surface area contributed by atoms with E-state index >= 15 is 0 Å². The third kappa shape index (κ3) is 2.53. The van der Waals surface area contributed by atoms with Gasteiger partial charge in [-0.15, -0.1) is 10.2 Å². The number of amidine groups is 1. The third-order valence-electron chi connectivity index (χ3n) is 2.28. The van der Waals surface area contributed by atoms with Crippen molar-refractivity contribution in [2.75, 3.05) is 19.0 Å². The zero-order valence-electron chi connectivity index (χ0n) is 9.46. The summed E-state index contributed by atoms with van der Waals surface area (Å²) in [7, 11) is 4.02. The molecule has 1 aliphatic heterocycles. The van der Waals surface area contributed by atoms with Gasteiger partial charge in [-0.2, -0.15) is 0 Å². The van der Waals surface area contributed by atoms with Crippen molar-refractivity contribution in [1.29, 1.82) is 0 Å². The second-order valence-corrected chi connectivity index (χ2v) is 3.75. The summed E-state index contributed by atoms with van der Waals surface area (Å²) in [6, 6.07) is 7.93. The van der Waals surface area contributed by atoms with Crippen molar-refractivity contribution in [2.24, 2.45) is 15.2 Å². The topological polar surface area (TPSA) is 40.3 Å². The molecule has 0 N–H and O–H groups in total. The maximum Gasteiger partial charge on any atom is 0.154 e. The average Bonchev–Trinajstić information content (AvgIpc) is 2.80. The first-order chi connectivity index (χ1) is 7.75. The van der Waals surface area contributed by atoms with Gasteiger partial charge >= 0.3 is 0 Å². The smallest absolute Gasteiger partial charge is 0.154 e. The molecule has 0 saturated carbocycles. The Morgan fingerprint density at radius 2 is 1.88 bits per heavy atom. The minimum absolute atomic E-state index is 0.761. The van der Waals surface area contributed by atoms with Gasteiger partial charge in [-0.05, 0) is 24.3 Å². The number of aliphatic imine (C=N–C) groups is 1. The Morgan fingerprint density at radius 1 is 1.12 bits per heavy atom. The van der Waals surface area contributed by atoms with E-state index in [0.717, 1.165) is 23.6 Å². The lowest BCUT2D eigenvalue weighted by molar-refractivity contribution is 1.13. The monoisotopic (exact) mass is 214 g/mol. The van der Waals surface area contributed by atoms with E-state index in [1.807, 2.05) is 49.3 Å². The molecule has 4 heteroatoms. The van der Waals surface area contributed by atoms with Crippen LogP contribution in [0, 0.1) is 0 Å². The minimum atomic E-state index is 0.761. The number of nitrogens with zero attached hydrogens (tertiary/aromatic N) is 4. The number of azo groups is 1. The minimum Gasteiger partial charge on any atom is -0.378 e. The average molecular weight is 214 g/mol. The van der Waals surface area contributed by atoms with E-state index < -0.39 is 0 Å². The second kappa shape index (κ2) is 4.70. The predicted octanol–water partition coefficient (Wildman–Crippen LogP) is 3.15. The molecule has 16 heavy (non-hydrogen) atoms. The van der Waals surface area contributed by atoms with Crippen LogP contribution in [0.25, 0.3) is 0 Å². The fourth-order valence-corrected chi connectivity index (χ4v) is 1.35. The highest BCUT2D eigenvalue weighted by Gasteiger charge is 1.99. The van der Waals surface area contributed by atoms with Gasteiger partial charge in [-0.3, -0.25) is 0 Å². The van der Waals surface area contributed by atoms with Crippen molar-refractivity contribution in [2.45, 2.75) is 6.42 Å². The first kappa shape index (κ1) is 10.5. The number of hydrogen-bond donors (Lipinski definition) is 0. The van der Waals surface area contributed by atoms with Gasteiger partial charge in [-0.1, -0.05) is 6.08 Å². The van der Waals surface area contributed by atoms with Crippen molar-refractivity contribution in [3.63, 3.8) is 0 Å². The van der Waals surface area contributed by atoms with Crippen LogP contribution in [0.2, 0.25) is 0 Å². The normalized spacial score (nSPS) is 14.5. The van der Waals surface area contributed by atoms with Crippen LogP contribution in [0.5, 0.6) is 0 Å². The molecule has 0 amide bonds. The molecule has 1 heterocycles. The summed E-state index contributed by atoms with van der Waals surface area (Å²) in [5.41, 5.74) is 2.00. The third-order valence-corrected chi connectivity index (χ3v) is 2.28. The molecular formula is C12H14N4. The Bertz CT molecular complexity index is 441. The molecule has 0 fully saturated rings. The quantitative estimate of drug-likeness (QED) is 0.697. The maximum absolute atomic E-state index is 4.12. The first-order valence-electron chi connectivity index (χ1n) is 5.16. The fourth-order valence-electron chi connectivity index (χ4n) is 1.35. The molecule has 0 aromatic heterocycles. The summed E-state index contributed by atoms with van der Waals surface area (Å²) in [6.45, 7) is 0. The van der Waals surface area contributed by atoms with Crippen LogP contribution in [0.15, 0.2) is 51.8 Å². The van der Waals surface area contributed by atoms with E-state index in [1.165, 1.54) is 0 Å². The van der Waals surface area contributed by atoms with Gasteiger partial charge < -0.3 is 4.90 Å². The summed E-state index contributed by atoms with van der Waals surface area (Å²) in [4.78, 5) is 6.11. The van der Waals surface area contributed by atoms with Gasteiger partial charge in [0.25, 0.3) is 0 Å². The van der Waals surface area contributed by atoms with E-state index in [0.29, 0.717) is 0 Å². The van der Waals surface area contributed by atoms with Crippen LogP contribution in [0.4, 0.5) is 11.4 Å². The van der Waals surface area contributed by atoms with Gasteiger partial charge in [-0.25, -0.2) is 4.99 Å². The number of anilines is 1. The first-order valence-corrected chi connectivity index (χ1v) is 5.16. The summed E-state index contributed by atoms with van der Waals surface area (Å²) < 4.78 is 0. The highest BCUT2D eigenvalue weighted by atomic mass is 15.1. The van der Waals surface area contributed by atoms with Crippen LogP contribution < -0.4 is 4.90 Å². The largest absolute Gasteiger partial charge is 0.378 e. The maximum atomic E-state index is 4.12. The zero-order chi connectivity index (χ0) is 11.4. The molecule has 0 bridgehead atoms. The number of rotatable bonds is 2. The van der Waals surface area contributed by atoms with E-state index in [4.69, 9.17) is 0 Å². The highest BCUT2D eigenvalue weighted by Crippen LogP contribution is 2.18. The van der Waals surface area contributed by atoms with Gasteiger partial charge in [0, 0.05) is 32.4 Å². The standard InChI is InChI=1S/C12H14N4/c1-16(2)11-7-5-10(6-8-11)14-15-12-4-3-9-13-12/h3,5-9H,4H2,1-2H3. The zero-order valence-corrected chi connectivity index (χ0v) is 9.46. The lowest BCUT2D eigenvalue weighted by atomic mass is 10.3. The molecule has 1 aromatic rings. The fraction of sp³-hybridized carbons (Fsp3) is 0.250. The van der Waals surface area contributed by atoms with E-state index in [-0.39, 0.29) is 0 Å². The Balaban J connectivity index is 2.05. The van der Waals surface area contributed by atoms with Crippen molar-refractivity contribution >= 4 is 17.2 Å². The number of hydrogen-bond acceptors (Lipinski definition) is 4. The number of benzene rings is 1. The molecule has 0 saturated heterocycles. The summed E-state index contributed by atoms with van der Waals surface area (Å²) in [5.74, 6) is 0.761. The Morgan fingerprint density at radius 3 is 2.44 bits per heavy atom. The van der Waals surface area contributed by atoms with Crippen molar-refractivity contribution < 1.29 is 0 Å². The van der Waals surface area contributed by atoms with Gasteiger partial charge in [0.1, 0.15) is 0 Å². The van der Waals surface area contributed by atoms with Crippen LogP contribution in [0.1, 0.15) is 6.42 Å². The van der Waals surface area contributed by atoms with E-state index in [2.05, 4.69) is 15.2 Å². The second-order valence-electron chi connectivity index (χ2n) is 3.75. The summed E-state index contributed by atoms with van der Waals surface area (Å²) >= 11 is 0. The molecule has 4 nitrogen and oxygen atoms in total. The summed E-state index contributed by atoms with van der Waals surface area (Å²) in [5, 5.41) is 8.19. The van der Waals surface area contributed by atoms with Crippen molar-refractivity contribution in [3.8, 4) is 0 Å². The molecule has 82 valence electrons. The van der Waals surface area contributed by atoms with Crippen LogP contribution in [-0.4, -0.2) is 19.9 Å². The molecule has 1 aliphatic rings. The highest BCUT2D eigenvalue weighted by molar-refractivity contribution is 5.86. The Kier molecular flexibility index (Phi) is 3.10. The van der Waals surface area contributed by atoms with Gasteiger partial charge in [0.05, 0.1) is 5.69 Å². The summed E-state index contributed by atoms with van der Waals surface area (Å²) in [6.07, 6.45) is 4.49. The van der Waals surface area contributed by atoms with Crippen LogP contribution >= 0.6 is 0 Å². The van der Waals surface area contributed by atoms with Crippen LogP contribution in [0.3, 0.4) is 0 Å². The van der Waals surface area contributed by atoms with Gasteiger partial charge in [0.2, 0.25) is 0 Å². The predicted molar refractivity (Wildman–Crippen MR) is 66.5 cm³/mol. The SMILES string of the molecule is CN(C)c1ccc(N=NC2=NC=CC2)cc1. The van der Waals surface area contributed by atoms with E-state index in [9.17, 15) is 0 Å². The van der Waals surface area contributed by atoms with Gasteiger partial charge in [0.15, 0.2) is 5.84 Å². The molecule has 0 aliphatic carbocycles. The lowest BCUT2D eigenvalue weighted by Gasteiger charge is -2.11. The molecule has 0 radical (unpaired) electrons. The molecule has 2 rings (SSSR count). The van der Waals surface area contributed by atoms with Crippen molar-refractivity contribution in [3.05, 3.63) is 36.5 Å². The molecule has 0 spiro atoms. The molecule has 1 aromatic carbocycles.